The van der Waals surface area contributed by atoms with E-state index >= 15 is 0 Å². The highest BCUT2D eigenvalue weighted by atomic mass is 16.5. The molecule has 1 aromatic rings. The fourth-order valence-corrected chi connectivity index (χ4v) is 1.67. The van der Waals surface area contributed by atoms with E-state index in [9.17, 15) is 0 Å². The van der Waals surface area contributed by atoms with Gasteiger partial charge in [-0.25, -0.2) is 0 Å². The maximum atomic E-state index is 5.57. The molecule has 0 spiro atoms. The lowest BCUT2D eigenvalue weighted by molar-refractivity contribution is 0.121. The van der Waals surface area contributed by atoms with E-state index in [-0.39, 0.29) is 0 Å². The van der Waals surface area contributed by atoms with E-state index in [1.807, 2.05) is 12.1 Å². The van der Waals surface area contributed by atoms with Crippen LogP contribution in [0.4, 0.5) is 0 Å². The lowest BCUT2D eigenvalue weighted by Gasteiger charge is -2.11. The van der Waals surface area contributed by atoms with Crippen molar-refractivity contribution in [2.75, 3.05) is 19.8 Å². The Kier molecular flexibility index (Phi) is 4.43. The zero-order chi connectivity index (χ0) is 11.2. The molecule has 0 saturated heterocycles. The Morgan fingerprint density at radius 3 is 3.12 bits per heavy atom. The van der Waals surface area contributed by atoms with E-state index in [4.69, 9.17) is 9.15 Å². The lowest BCUT2D eigenvalue weighted by Crippen LogP contribution is -2.20. The lowest BCUT2D eigenvalue weighted by atomic mass is 10.2. The molecule has 1 fully saturated rings. The van der Waals surface area contributed by atoms with Crippen LogP contribution in [0, 0.1) is 5.92 Å². The number of furan rings is 1. The minimum atomic E-state index is 0.290. The van der Waals surface area contributed by atoms with Gasteiger partial charge in [0.2, 0.25) is 0 Å². The standard InChI is InChI=1S/C13H21NO2/c1-11(13-4-2-9-16-13)14-7-3-8-15-10-12-5-6-12/h2,4,9,11-12,14H,3,5-8,10H2,1H3. The Hall–Kier alpha value is -0.800. The second-order valence-electron chi connectivity index (χ2n) is 4.56. The highest BCUT2D eigenvalue weighted by Gasteiger charge is 2.20. The van der Waals surface area contributed by atoms with E-state index in [0.29, 0.717) is 6.04 Å². The van der Waals surface area contributed by atoms with Crippen molar-refractivity contribution in [1.82, 2.24) is 5.32 Å². The van der Waals surface area contributed by atoms with Gasteiger partial charge in [-0.1, -0.05) is 0 Å². The summed E-state index contributed by atoms with van der Waals surface area (Å²) in [4.78, 5) is 0. The van der Waals surface area contributed by atoms with Crippen LogP contribution >= 0.6 is 0 Å². The van der Waals surface area contributed by atoms with Crippen LogP contribution in [-0.4, -0.2) is 19.8 Å². The third-order valence-corrected chi connectivity index (χ3v) is 2.94. The highest BCUT2D eigenvalue weighted by molar-refractivity contribution is 5.02. The van der Waals surface area contributed by atoms with Gasteiger partial charge in [0.15, 0.2) is 0 Å². The predicted molar refractivity (Wildman–Crippen MR) is 63.3 cm³/mol. The van der Waals surface area contributed by atoms with Gasteiger partial charge in [-0.05, 0) is 50.8 Å². The van der Waals surface area contributed by atoms with Gasteiger partial charge in [0, 0.05) is 13.2 Å². The Labute approximate surface area is 97.2 Å². The molecular weight excluding hydrogens is 202 g/mol. The van der Waals surface area contributed by atoms with Gasteiger partial charge in [0.05, 0.1) is 12.3 Å². The topological polar surface area (TPSA) is 34.4 Å². The first-order valence-electron chi connectivity index (χ1n) is 6.21. The van der Waals surface area contributed by atoms with Gasteiger partial charge in [0.25, 0.3) is 0 Å². The van der Waals surface area contributed by atoms with Crippen LogP contribution < -0.4 is 5.32 Å². The van der Waals surface area contributed by atoms with Crippen molar-refractivity contribution in [3.63, 3.8) is 0 Å². The minimum Gasteiger partial charge on any atom is -0.468 e. The van der Waals surface area contributed by atoms with Crippen molar-refractivity contribution in [2.24, 2.45) is 5.92 Å². The van der Waals surface area contributed by atoms with Crippen LogP contribution in [0.15, 0.2) is 22.8 Å². The molecule has 1 N–H and O–H groups in total. The van der Waals surface area contributed by atoms with Crippen LogP contribution in [-0.2, 0) is 4.74 Å². The highest BCUT2D eigenvalue weighted by Crippen LogP contribution is 2.28. The largest absolute Gasteiger partial charge is 0.468 e. The van der Waals surface area contributed by atoms with Crippen LogP contribution in [0.5, 0.6) is 0 Å². The summed E-state index contributed by atoms with van der Waals surface area (Å²) in [6, 6.07) is 4.21. The molecule has 0 aromatic carbocycles. The van der Waals surface area contributed by atoms with Gasteiger partial charge in [-0.3, -0.25) is 0 Å². The molecule has 1 atom stereocenters. The van der Waals surface area contributed by atoms with Gasteiger partial charge in [-0.2, -0.15) is 0 Å². The molecule has 1 aliphatic rings. The van der Waals surface area contributed by atoms with Crippen molar-refractivity contribution >= 4 is 0 Å². The number of nitrogens with one attached hydrogen (secondary N) is 1. The number of rotatable bonds is 8. The maximum Gasteiger partial charge on any atom is 0.120 e. The average molecular weight is 223 g/mol. The average Bonchev–Trinajstić information content (AvgIpc) is 2.95. The molecule has 1 saturated carbocycles. The van der Waals surface area contributed by atoms with Gasteiger partial charge in [0.1, 0.15) is 5.76 Å². The van der Waals surface area contributed by atoms with Crippen LogP contribution in [0.2, 0.25) is 0 Å². The molecule has 1 heterocycles. The van der Waals surface area contributed by atoms with E-state index < -0.39 is 0 Å². The summed E-state index contributed by atoms with van der Waals surface area (Å²) in [5.41, 5.74) is 0. The van der Waals surface area contributed by atoms with Crippen LogP contribution in [0.3, 0.4) is 0 Å². The molecule has 1 unspecified atom stereocenters. The molecule has 1 aromatic heterocycles. The van der Waals surface area contributed by atoms with Crippen molar-refractivity contribution in [3.8, 4) is 0 Å². The second-order valence-corrected chi connectivity index (χ2v) is 4.56. The van der Waals surface area contributed by atoms with Gasteiger partial charge >= 0.3 is 0 Å². The molecule has 0 bridgehead atoms. The first kappa shape index (κ1) is 11.7. The van der Waals surface area contributed by atoms with E-state index in [1.54, 1.807) is 6.26 Å². The van der Waals surface area contributed by atoms with Crippen molar-refractivity contribution in [3.05, 3.63) is 24.2 Å². The summed E-state index contributed by atoms with van der Waals surface area (Å²) < 4.78 is 10.9. The summed E-state index contributed by atoms with van der Waals surface area (Å²) in [7, 11) is 0. The summed E-state index contributed by atoms with van der Waals surface area (Å²) in [5.74, 6) is 1.87. The molecule has 3 nitrogen and oxygen atoms in total. The zero-order valence-electron chi connectivity index (χ0n) is 9.95. The molecule has 0 amide bonds. The monoisotopic (exact) mass is 223 g/mol. The molecule has 0 radical (unpaired) electrons. The minimum absolute atomic E-state index is 0.290. The first-order valence-corrected chi connectivity index (χ1v) is 6.21. The molecular formula is C13H21NO2. The van der Waals surface area contributed by atoms with Gasteiger partial charge in [-0.15, -0.1) is 0 Å². The summed E-state index contributed by atoms with van der Waals surface area (Å²) in [6.45, 7) is 4.93. The van der Waals surface area contributed by atoms with E-state index in [2.05, 4.69) is 12.2 Å². The summed E-state index contributed by atoms with van der Waals surface area (Å²) in [6.07, 6.45) is 5.52. The number of hydrogen-bond donors (Lipinski definition) is 1. The fraction of sp³-hybridized carbons (Fsp3) is 0.692. The smallest absolute Gasteiger partial charge is 0.120 e. The molecule has 3 heteroatoms. The fourth-order valence-electron chi connectivity index (χ4n) is 1.67. The SMILES string of the molecule is CC(NCCCOCC1CC1)c1ccco1. The quantitative estimate of drug-likeness (QED) is 0.688. The third kappa shape index (κ3) is 3.99. The molecule has 1 aliphatic carbocycles. The Balaban J connectivity index is 1.47. The molecule has 16 heavy (non-hydrogen) atoms. The molecule has 0 aliphatic heterocycles. The second kappa shape index (κ2) is 6.06. The number of ether oxygens (including phenoxy) is 1. The maximum absolute atomic E-state index is 5.57. The Bertz CT molecular complexity index is 280. The third-order valence-electron chi connectivity index (χ3n) is 2.94. The van der Waals surface area contributed by atoms with E-state index in [0.717, 1.165) is 37.9 Å². The van der Waals surface area contributed by atoms with E-state index in [1.165, 1.54) is 12.8 Å². The zero-order valence-corrected chi connectivity index (χ0v) is 9.95. The predicted octanol–water partition coefficient (Wildman–Crippen LogP) is 2.75. The van der Waals surface area contributed by atoms with Crippen molar-refractivity contribution in [2.45, 2.75) is 32.2 Å². The summed E-state index contributed by atoms with van der Waals surface area (Å²) >= 11 is 0. The first-order chi connectivity index (χ1) is 7.86. The Morgan fingerprint density at radius 1 is 1.56 bits per heavy atom. The summed E-state index contributed by atoms with van der Waals surface area (Å²) in [5, 5.41) is 3.42. The van der Waals surface area contributed by atoms with Crippen molar-refractivity contribution < 1.29 is 9.15 Å². The van der Waals surface area contributed by atoms with Crippen LogP contribution in [0.1, 0.15) is 38.0 Å². The molecule has 90 valence electrons. The molecule has 2 rings (SSSR count). The van der Waals surface area contributed by atoms with Crippen molar-refractivity contribution in [1.29, 1.82) is 0 Å². The van der Waals surface area contributed by atoms with Crippen LogP contribution in [0.25, 0.3) is 0 Å². The Morgan fingerprint density at radius 2 is 2.44 bits per heavy atom. The van der Waals surface area contributed by atoms with Gasteiger partial charge < -0.3 is 14.5 Å². The normalized spacial score (nSPS) is 17.6. The number of hydrogen-bond acceptors (Lipinski definition) is 3.